The summed E-state index contributed by atoms with van der Waals surface area (Å²) in [7, 11) is 0. The van der Waals surface area contributed by atoms with Crippen molar-refractivity contribution in [2.75, 3.05) is 18.8 Å². The van der Waals surface area contributed by atoms with Crippen LogP contribution in [0.4, 0.5) is 5.82 Å². The Morgan fingerprint density at radius 3 is 2.54 bits per heavy atom. The number of para-hydroxylation sites is 1. The molecule has 2 fully saturated rings. The average Bonchev–Trinajstić information content (AvgIpc) is 3.39. The predicted octanol–water partition coefficient (Wildman–Crippen LogP) is 3.82. The van der Waals surface area contributed by atoms with Crippen molar-refractivity contribution in [3.05, 3.63) is 59.5 Å². The number of furan rings is 1. The van der Waals surface area contributed by atoms with Gasteiger partial charge in [-0.2, -0.15) is 0 Å². The Hall–Kier alpha value is -2.37. The smallest absolute Gasteiger partial charge is 0.134 e. The Morgan fingerprint density at radius 1 is 1.04 bits per heavy atom. The third-order valence-electron chi connectivity index (χ3n) is 6.57. The van der Waals surface area contributed by atoms with Crippen LogP contribution in [0.3, 0.4) is 0 Å². The van der Waals surface area contributed by atoms with Crippen LogP contribution in [0.5, 0.6) is 0 Å². The zero-order valence-electron chi connectivity index (χ0n) is 16.5. The fourth-order valence-electron chi connectivity index (χ4n) is 5.17. The number of pyridine rings is 1. The van der Waals surface area contributed by atoms with Gasteiger partial charge in [-0.05, 0) is 25.0 Å². The highest BCUT2D eigenvalue weighted by atomic mass is 16.3. The molecule has 5 heteroatoms. The van der Waals surface area contributed by atoms with Crippen LogP contribution in [0.25, 0.3) is 11.0 Å². The monoisotopic (exact) mass is 376 g/mol. The zero-order valence-corrected chi connectivity index (χ0v) is 16.5. The first-order valence-corrected chi connectivity index (χ1v) is 10.4. The maximum Gasteiger partial charge on any atom is 0.134 e. The van der Waals surface area contributed by atoms with Crippen molar-refractivity contribution < 1.29 is 4.42 Å². The summed E-state index contributed by atoms with van der Waals surface area (Å²) >= 11 is 0. The van der Waals surface area contributed by atoms with E-state index >= 15 is 0 Å². The number of aromatic nitrogens is 1. The van der Waals surface area contributed by atoms with Crippen LogP contribution in [0.1, 0.15) is 36.7 Å². The van der Waals surface area contributed by atoms with Crippen LogP contribution in [-0.4, -0.2) is 40.0 Å². The summed E-state index contributed by atoms with van der Waals surface area (Å²) in [4.78, 5) is 9.53. The van der Waals surface area contributed by atoms with E-state index in [-0.39, 0.29) is 0 Å². The minimum absolute atomic E-state index is 0.614. The second-order valence-electron chi connectivity index (χ2n) is 8.05. The number of hydrogen-bond acceptors (Lipinski definition) is 5. The molecule has 1 aromatic carbocycles. The summed E-state index contributed by atoms with van der Waals surface area (Å²) in [6.45, 7) is 6.36. The van der Waals surface area contributed by atoms with Gasteiger partial charge in [0.15, 0.2) is 0 Å². The molecule has 2 aromatic heterocycles. The van der Waals surface area contributed by atoms with Crippen molar-refractivity contribution in [3.63, 3.8) is 0 Å². The number of hydrogen-bond donors (Lipinski definition) is 1. The van der Waals surface area contributed by atoms with Crippen LogP contribution in [-0.2, 0) is 19.5 Å². The fourth-order valence-corrected chi connectivity index (χ4v) is 5.17. The molecule has 28 heavy (non-hydrogen) atoms. The van der Waals surface area contributed by atoms with Crippen molar-refractivity contribution in [3.8, 4) is 0 Å². The van der Waals surface area contributed by atoms with E-state index in [1.807, 2.05) is 6.07 Å². The van der Waals surface area contributed by atoms with E-state index in [1.54, 1.807) is 6.20 Å². The molecule has 5 nitrogen and oxygen atoms in total. The van der Waals surface area contributed by atoms with E-state index in [1.165, 1.54) is 23.8 Å². The molecule has 146 valence electrons. The Labute approximate surface area is 166 Å². The summed E-state index contributed by atoms with van der Waals surface area (Å²) in [6.07, 6.45) is 5.16. The SMILES string of the molecule is CCc1oc2ccccc2c1CN1CC[C@H]2[C@@H]1CCN2Cc1cccnc1N. The van der Waals surface area contributed by atoms with Gasteiger partial charge < -0.3 is 10.2 Å². The van der Waals surface area contributed by atoms with E-state index in [4.69, 9.17) is 10.2 Å². The minimum Gasteiger partial charge on any atom is -0.461 e. The van der Waals surface area contributed by atoms with E-state index in [0.717, 1.165) is 49.5 Å². The first-order chi connectivity index (χ1) is 13.7. The highest BCUT2D eigenvalue weighted by Gasteiger charge is 2.42. The molecule has 2 atom stereocenters. The molecule has 0 spiro atoms. The van der Waals surface area contributed by atoms with E-state index in [2.05, 4.69) is 52.0 Å². The van der Waals surface area contributed by atoms with Gasteiger partial charge in [0.25, 0.3) is 0 Å². The molecule has 0 aliphatic carbocycles. The quantitative estimate of drug-likeness (QED) is 0.733. The van der Waals surface area contributed by atoms with E-state index in [0.29, 0.717) is 17.9 Å². The van der Waals surface area contributed by atoms with E-state index in [9.17, 15) is 0 Å². The average molecular weight is 377 g/mol. The molecule has 5 rings (SSSR count). The third-order valence-corrected chi connectivity index (χ3v) is 6.57. The van der Waals surface area contributed by atoms with Gasteiger partial charge in [-0.1, -0.05) is 31.2 Å². The normalized spacial score (nSPS) is 22.9. The number of likely N-dealkylation sites (tertiary alicyclic amines) is 2. The molecule has 0 radical (unpaired) electrons. The number of nitrogen functional groups attached to an aromatic ring is 1. The van der Waals surface area contributed by atoms with Crippen molar-refractivity contribution in [1.29, 1.82) is 0 Å². The molecule has 4 heterocycles. The Balaban J connectivity index is 1.34. The van der Waals surface area contributed by atoms with Gasteiger partial charge in [0, 0.05) is 67.4 Å². The van der Waals surface area contributed by atoms with Crippen molar-refractivity contribution in [2.45, 2.75) is 51.4 Å². The molecule has 3 aromatic rings. The Bertz CT molecular complexity index is 982. The second-order valence-corrected chi connectivity index (χ2v) is 8.05. The van der Waals surface area contributed by atoms with Gasteiger partial charge in [-0.25, -0.2) is 4.98 Å². The number of rotatable bonds is 5. The molecule has 2 N–H and O–H groups in total. The lowest BCUT2D eigenvalue weighted by atomic mass is 10.1. The van der Waals surface area contributed by atoms with Crippen LogP contribution in [0.2, 0.25) is 0 Å². The maximum absolute atomic E-state index is 6.13. The van der Waals surface area contributed by atoms with Gasteiger partial charge in [-0.3, -0.25) is 9.80 Å². The Morgan fingerprint density at radius 2 is 1.79 bits per heavy atom. The fraction of sp³-hybridized carbons (Fsp3) is 0.435. The number of nitrogens with two attached hydrogens (primary N) is 1. The second kappa shape index (κ2) is 7.22. The number of anilines is 1. The summed E-state index contributed by atoms with van der Waals surface area (Å²) in [5, 5.41) is 1.28. The summed E-state index contributed by atoms with van der Waals surface area (Å²) in [5.74, 6) is 1.81. The maximum atomic E-state index is 6.13. The molecule has 2 saturated heterocycles. The molecule has 0 unspecified atom stereocenters. The molecular formula is C23H28N4O. The summed E-state index contributed by atoms with van der Waals surface area (Å²) in [5.41, 5.74) is 9.63. The lowest BCUT2D eigenvalue weighted by molar-refractivity contribution is 0.212. The number of benzene rings is 1. The molecule has 0 saturated carbocycles. The molecule has 0 amide bonds. The van der Waals surface area contributed by atoms with Crippen LogP contribution >= 0.6 is 0 Å². The molecule has 0 bridgehead atoms. The van der Waals surface area contributed by atoms with Crippen molar-refractivity contribution in [1.82, 2.24) is 14.8 Å². The van der Waals surface area contributed by atoms with Gasteiger partial charge in [0.2, 0.25) is 0 Å². The lowest BCUT2D eigenvalue weighted by Gasteiger charge is -2.26. The standard InChI is InChI=1S/C23H28N4O/c1-2-21-18(17-7-3-4-8-22(17)28-21)15-27-13-10-19-20(27)9-12-26(19)14-16-6-5-11-25-23(16)24/h3-8,11,19-20H,2,9-10,12-15H2,1H3,(H2,24,25)/t19-,20-/m0/s1. The highest BCUT2D eigenvalue weighted by Crippen LogP contribution is 2.36. The van der Waals surface area contributed by atoms with Crippen molar-refractivity contribution in [2.24, 2.45) is 0 Å². The van der Waals surface area contributed by atoms with Gasteiger partial charge >= 0.3 is 0 Å². The number of aryl methyl sites for hydroxylation is 1. The largest absolute Gasteiger partial charge is 0.461 e. The first-order valence-electron chi connectivity index (χ1n) is 10.4. The lowest BCUT2D eigenvalue weighted by Crippen LogP contribution is -2.36. The van der Waals surface area contributed by atoms with Crippen LogP contribution < -0.4 is 5.73 Å². The van der Waals surface area contributed by atoms with Crippen LogP contribution in [0, 0.1) is 0 Å². The van der Waals surface area contributed by atoms with Gasteiger partial charge in [0.05, 0.1) is 0 Å². The van der Waals surface area contributed by atoms with Gasteiger partial charge in [-0.15, -0.1) is 0 Å². The number of fused-ring (bicyclic) bond motifs is 2. The molecule has 2 aliphatic heterocycles. The zero-order chi connectivity index (χ0) is 19.1. The topological polar surface area (TPSA) is 58.5 Å². The molecular weight excluding hydrogens is 348 g/mol. The van der Waals surface area contributed by atoms with Crippen molar-refractivity contribution >= 4 is 16.8 Å². The van der Waals surface area contributed by atoms with Crippen LogP contribution in [0.15, 0.2) is 47.0 Å². The summed E-state index contributed by atoms with van der Waals surface area (Å²) < 4.78 is 6.13. The van der Waals surface area contributed by atoms with Gasteiger partial charge in [0.1, 0.15) is 17.2 Å². The first kappa shape index (κ1) is 17.7. The summed E-state index contributed by atoms with van der Waals surface area (Å²) in [6, 6.07) is 13.8. The highest BCUT2D eigenvalue weighted by molar-refractivity contribution is 5.82. The van der Waals surface area contributed by atoms with E-state index < -0.39 is 0 Å². The Kier molecular flexibility index (Phi) is 4.57. The molecule has 2 aliphatic rings. The predicted molar refractivity (Wildman–Crippen MR) is 112 cm³/mol. The third kappa shape index (κ3) is 2.99. The minimum atomic E-state index is 0.614. The number of nitrogens with zero attached hydrogens (tertiary/aromatic N) is 3.